The van der Waals surface area contributed by atoms with Crippen LogP contribution in [0, 0.1) is 5.92 Å². The molecule has 2 fully saturated rings. The first-order valence-corrected chi connectivity index (χ1v) is 8.48. The molecule has 1 heterocycles. The van der Waals surface area contributed by atoms with Gasteiger partial charge in [-0.25, -0.2) is 0 Å². The highest BCUT2D eigenvalue weighted by Gasteiger charge is 2.37. The fraction of sp³-hybridized carbons (Fsp3) is 0.938. The highest BCUT2D eigenvalue weighted by atomic mass is 16.2. The minimum Gasteiger partial charge on any atom is -0.354 e. The fourth-order valence-corrected chi connectivity index (χ4v) is 3.55. The lowest BCUT2D eigenvalue weighted by Crippen LogP contribution is -2.56. The molecule has 1 saturated carbocycles. The molecule has 2 aliphatic rings. The number of carbonyl (C=O) groups excluding carboxylic acids is 1. The Bertz CT molecular complexity index is 341. The lowest BCUT2D eigenvalue weighted by atomic mass is 9.76. The van der Waals surface area contributed by atoms with Crippen LogP contribution in [0.2, 0.25) is 0 Å². The maximum Gasteiger partial charge on any atom is 0.240 e. The molecule has 1 aliphatic carbocycles. The van der Waals surface area contributed by atoms with Gasteiger partial charge in [-0.1, -0.05) is 19.8 Å². The molecule has 5 nitrogen and oxygen atoms in total. The molecule has 1 saturated heterocycles. The molecule has 3 N–H and O–H groups in total. The number of piperazine rings is 1. The third kappa shape index (κ3) is 4.94. The molecule has 2 rings (SSSR count). The third-order valence-corrected chi connectivity index (χ3v) is 5.02. The normalized spacial score (nSPS) is 32.0. The van der Waals surface area contributed by atoms with Crippen molar-refractivity contribution in [3.05, 3.63) is 0 Å². The molecule has 0 aromatic carbocycles. The largest absolute Gasteiger partial charge is 0.354 e. The lowest BCUT2D eigenvalue weighted by molar-refractivity contribution is -0.128. The second kappa shape index (κ2) is 7.56. The summed E-state index contributed by atoms with van der Waals surface area (Å²) in [5.74, 6) is 0.632. The van der Waals surface area contributed by atoms with E-state index in [1.807, 2.05) is 0 Å². The van der Waals surface area contributed by atoms with Crippen molar-refractivity contribution in [2.75, 3.05) is 46.3 Å². The van der Waals surface area contributed by atoms with Gasteiger partial charge >= 0.3 is 0 Å². The van der Waals surface area contributed by atoms with E-state index in [2.05, 4.69) is 29.1 Å². The van der Waals surface area contributed by atoms with Gasteiger partial charge in [-0.05, 0) is 38.8 Å². The Hall–Kier alpha value is -0.650. The number of nitrogens with zero attached hydrogens (tertiary/aromatic N) is 2. The zero-order valence-corrected chi connectivity index (χ0v) is 13.7. The summed E-state index contributed by atoms with van der Waals surface area (Å²) in [6.45, 7) is 8.60. The van der Waals surface area contributed by atoms with Crippen LogP contribution in [0.25, 0.3) is 0 Å². The molecule has 2 unspecified atom stereocenters. The molecular weight excluding hydrogens is 264 g/mol. The smallest absolute Gasteiger partial charge is 0.240 e. The van der Waals surface area contributed by atoms with Crippen LogP contribution in [-0.2, 0) is 4.79 Å². The standard InChI is InChI=1S/C16H32N4O/c1-14-5-3-6-16(17,13-14)15(21)18-7-4-8-20-11-9-19(2)10-12-20/h14H,3-13,17H2,1-2H3,(H,18,21). The quantitative estimate of drug-likeness (QED) is 0.731. The molecule has 2 atom stereocenters. The van der Waals surface area contributed by atoms with Gasteiger partial charge in [0.1, 0.15) is 0 Å². The summed E-state index contributed by atoms with van der Waals surface area (Å²) in [7, 11) is 2.17. The van der Waals surface area contributed by atoms with E-state index in [4.69, 9.17) is 5.73 Å². The summed E-state index contributed by atoms with van der Waals surface area (Å²) >= 11 is 0. The number of rotatable bonds is 5. The number of nitrogens with two attached hydrogens (primary N) is 1. The Morgan fingerprint density at radius 2 is 2.05 bits per heavy atom. The van der Waals surface area contributed by atoms with Crippen LogP contribution in [0.1, 0.15) is 39.0 Å². The van der Waals surface area contributed by atoms with Crippen LogP contribution in [0.4, 0.5) is 0 Å². The molecule has 0 radical (unpaired) electrons. The topological polar surface area (TPSA) is 61.6 Å². The van der Waals surface area contributed by atoms with E-state index >= 15 is 0 Å². The van der Waals surface area contributed by atoms with Crippen LogP contribution in [0.3, 0.4) is 0 Å². The zero-order chi connectivity index (χ0) is 15.3. The minimum atomic E-state index is -0.620. The van der Waals surface area contributed by atoms with Crippen LogP contribution in [0.5, 0.6) is 0 Å². The Balaban J connectivity index is 1.63. The highest BCUT2D eigenvalue weighted by Crippen LogP contribution is 2.30. The number of amides is 1. The van der Waals surface area contributed by atoms with E-state index in [0.717, 1.165) is 65.0 Å². The molecule has 0 aromatic rings. The van der Waals surface area contributed by atoms with Gasteiger partial charge in [-0.2, -0.15) is 0 Å². The molecule has 1 amide bonds. The first kappa shape index (κ1) is 16.7. The molecular formula is C16H32N4O. The van der Waals surface area contributed by atoms with Gasteiger partial charge in [0.2, 0.25) is 5.91 Å². The summed E-state index contributed by atoms with van der Waals surface area (Å²) in [5.41, 5.74) is 5.69. The van der Waals surface area contributed by atoms with Gasteiger partial charge < -0.3 is 20.9 Å². The van der Waals surface area contributed by atoms with Gasteiger partial charge in [0.05, 0.1) is 5.54 Å². The molecule has 21 heavy (non-hydrogen) atoms. The van der Waals surface area contributed by atoms with Gasteiger partial charge in [0.25, 0.3) is 0 Å². The maximum absolute atomic E-state index is 12.3. The summed E-state index contributed by atoms with van der Waals surface area (Å²) < 4.78 is 0. The number of likely N-dealkylation sites (N-methyl/N-ethyl adjacent to an activating group) is 1. The van der Waals surface area contributed by atoms with E-state index in [9.17, 15) is 4.79 Å². The Kier molecular flexibility index (Phi) is 6.02. The molecule has 122 valence electrons. The van der Waals surface area contributed by atoms with Crippen LogP contribution >= 0.6 is 0 Å². The number of hydrogen-bond acceptors (Lipinski definition) is 4. The number of nitrogens with one attached hydrogen (secondary N) is 1. The third-order valence-electron chi connectivity index (χ3n) is 5.02. The monoisotopic (exact) mass is 296 g/mol. The summed E-state index contributed by atoms with van der Waals surface area (Å²) in [4.78, 5) is 17.1. The zero-order valence-electron chi connectivity index (χ0n) is 13.7. The Labute approximate surface area is 129 Å². The minimum absolute atomic E-state index is 0.0624. The SMILES string of the molecule is CC1CCCC(N)(C(=O)NCCCN2CCN(C)CC2)C1. The van der Waals surface area contributed by atoms with Crippen molar-refractivity contribution < 1.29 is 4.79 Å². The average molecular weight is 296 g/mol. The van der Waals surface area contributed by atoms with Crippen molar-refractivity contribution in [3.63, 3.8) is 0 Å². The Morgan fingerprint density at radius 1 is 1.33 bits per heavy atom. The van der Waals surface area contributed by atoms with E-state index < -0.39 is 5.54 Å². The molecule has 5 heteroatoms. The summed E-state index contributed by atoms with van der Waals surface area (Å²) in [5, 5.41) is 3.06. The van der Waals surface area contributed by atoms with E-state index in [1.54, 1.807) is 0 Å². The molecule has 0 spiro atoms. The maximum atomic E-state index is 12.3. The van der Waals surface area contributed by atoms with Gasteiger partial charge in [0, 0.05) is 32.7 Å². The molecule has 0 aromatic heterocycles. The van der Waals surface area contributed by atoms with Gasteiger partial charge in [-0.15, -0.1) is 0 Å². The van der Waals surface area contributed by atoms with Crippen LogP contribution in [0.15, 0.2) is 0 Å². The number of hydrogen-bond donors (Lipinski definition) is 2. The van der Waals surface area contributed by atoms with E-state index in [1.165, 1.54) is 6.42 Å². The average Bonchev–Trinajstić information content (AvgIpc) is 2.45. The van der Waals surface area contributed by atoms with E-state index in [-0.39, 0.29) is 5.91 Å². The lowest BCUT2D eigenvalue weighted by Gasteiger charge is -2.35. The van der Waals surface area contributed by atoms with Crippen LogP contribution < -0.4 is 11.1 Å². The number of carbonyl (C=O) groups is 1. The first-order valence-electron chi connectivity index (χ1n) is 8.48. The summed E-state index contributed by atoms with van der Waals surface area (Å²) in [6, 6.07) is 0. The first-order chi connectivity index (χ1) is 9.99. The van der Waals surface area contributed by atoms with Crippen molar-refractivity contribution in [3.8, 4) is 0 Å². The van der Waals surface area contributed by atoms with Crippen LogP contribution in [-0.4, -0.2) is 67.6 Å². The van der Waals surface area contributed by atoms with Crippen molar-refractivity contribution >= 4 is 5.91 Å². The fourth-order valence-electron chi connectivity index (χ4n) is 3.55. The summed E-state index contributed by atoms with van der Waals surface area (Å²) in [6.07, 6.45) is 4.96. The van der Waals surface area contributed by atoms with Crippen molar-refractivity contribution in [1.82, 2.24) is 15.1 Å². The molecule has 1 aliphatic heterocycles. The Morgan fingerprint density at radius 3 is 2.71 bits per heavy atom. The second-order valence-corrected chi connectivity index (χ2v) is 7.11. The van der Waals surface area contributed by atoms with Crippen molar-refractivity contribution in [1.29, 1.82) is 0 Å². The van der Waals surface area contributed by atoms with E-state index in [0.29, 0.717) is 5.92 Å². The second-order valence-electron chi connectivity index (χ2n) is 7.11. The predicted molar refractivity (Wildman–Crippen MR) is 86.1 cm³/mol. The van der Waals surface area contributed by atoms with Gasteiger partial charge in [-0.3, -0.25) is 4.79 Å². The van der Waals surface area contributed by atoms with Crippen molar-refractivity contribution in [2.24, 2.45) is 11.7 Å². The molecule has 0 bridgehead atoms. The van der Waals surface area contributed by atoms with Gasteiger partial charge in [0.15, 0.2) is 0 Å². The predicted octanol–water partition coefficient (Wildman–Crippen LogP) is 0.648. The highest BCUT2D eigenvalue weighted by molar-refractivity contribution is 5.86. The van der Waals surface area contributed by atoms with Crippen molar-refractivity contribution in [2.45, 2.75) is 44.6 Å².